The van der Waals surface area contributed by atoms with Crippen LogP contribution in [0.1, 0.15) is 101 Å². The van der Waals surface area contributed by atoms with Gasteiger partial charge < -0.3 is 40.2 Å². The number of nitrogens with one attached hydrogen (secondary N) is 3. The predicted molar refractivity (Wildman–Crippen MR) is 216 cm³/mol. The quantitative estimate of drug-likeness (QED) is 0.127. The lowest BCUT2D eigenvalue weighted by molar-refractivity contribution is -0.139. The first kappa shape index (κ1) is 40.0. The highest BCUT2D eigenvalue weighted by Crippen LogP contribution is 2.37. The zero-order chi connectivity index (χ0) is 41.0. The molecule has 4 N–H and O–H groups in total. The molecule has 1 aromatic heterocycles. The molecule has 14 nitrogen and oxygen atoms in total. The highest BCUT2D eigenvalue weighted by molar-refractivity contribution is 6.01. The number of nitrogens with zero attached hydrogens (tertiary/aromatic N) is 4. The normalized spacial score (nSPS) is 19.2. The summed E-state index contributed by atoms with van der Waals surface area (Å²) in [5, 5.41) is 14.7. The van der Waals surface area contributed by atoms with Crippen molar-refractivity contribution in [3.05, 3.63) is 108 Å². The molecule has 0 spiro atoms. The lowest BCUT2D eigenvalue weighted by Gasteiger charge is -2.40. The Bertz CT molecular complexity index is 2100. The van der Waals surface area contributed by atoms with Gasteiger partial charge in [0.05, 0.1) is 11.7 Å². The van der Waals surface area contributed by atoms with Crippen LogP contribution in [0, 0.1) is 0 Å². The van der Waals surface area contributed by atoms with Gasteiger partial charge >= 0.3 is 12.2 Å². The van der Waals surface area contributed by atoms with Crippen LogP contribution in [0.4, 0.5) is 15.3 Å². The van der Waals surface area contributed by atoms with E-state index >= 15 is 0 Å². The molecule has 3 aromatic carbocycles. The van der Waals surface area contributed by atoms with Crippen molar-refractivity contribution >= 4 is 35.6 Å². The summed E-state index contributed by atoms with van der Waals surface area (Å²) in [4.78, 5) is 80.5. The molecule has 4 aromatic rings. The van der Waals surface area contributed by atoms with E-state index in [4.69, 9.17) is 9.72 Å². The molecular formula is C44H51N7O7. The van der Waals surface area contributed by atoms with Gasteiger partial charge in [-0.15, -0.1) is 0 Å². The summed E-state index contributed by atoms with van der Waals surface area (Å²) in [6.07, 6.45) is 5.10. The van der Waals surface area contributed by atoms with Gasteiger partial charge in [0.1, 0.15) is 29.6 Å². The van der Waals surface area contributed by atoms with Crippen LogP contribution in [0.15, 0.2) is 91.1 Å². The molecule has 3 aliphatic rings. The van der Waals surface area contributed by atoms with Gasteiger partial charge in [0, 0.05) is 36.6 Å². The first-order chi connectivity index (χ1) is 27.9. The first-order valence-electron chi connectivity index (χ1n) is 20.1. The molecule has 304 valence electrons. The van der Waals surface area contributed by atoms with Crippen LogP contribution in [0.3, 0.4) is 0 Å². The number of imidazole rings is 1. The van der Waals surface area contributed by atoms with E-state index in [1.54, 1.807) is 56.0 Å². The second kappa shape index (κ2) is 17.1. The standard InChI is InChI=1S/C44H51N7O7/c1-44(2,3)58-43(57)48-37(30-15-8-5-9-16-30)41(54)49-25-11-19-34(49)38-45-27-33(46-38)28-21-23-32(24-22-28)51(31-17-10-18-31)39(52)35-20-12-26-50(35)40(53)36(47-42(55)56)29-13-6-4-7-14-29/h4-9,13-16,21-24,27,31,34-37,47H,10-12,17-20,25-26H2,1-3H3,(H,45,46)(H,48,57)(H,55,56)/t34-,35-,36+,37+/m0/s1. The SMILES string of the molecule is CC(C)(C)OC(=O)N[C@@H](C(=O)N1CCC[C@H]1c1nc(-c2ccc(N(C(=O)[C@@H]3CCCN3C(=O)[C@H](NC(=O)O)c3ccccc3)C3CCC3)cc2)c[nH]1)c1ccccc1. The third kappa shape index (κ3) is 8.85. The van der Waals surface area contributed by atoms with Crippen molar-refractivity contribution in [2.75, 3.05) is 18.0 Å². The van der Waals surface area contributed by atoms with E-state index in [1.807, 2.05) is 65.7 Å². The third-order valence-electron chi connectivity index (χ3n) is 11.1. The fourth-order valence-corrected chi connectivity index (χ4v) is 8.12. The molecule has 2 saturated heterocycles. The average molecular weight is 790 g/mol. The summed E-state index contributed by atoms with van der Waals surface area (Å²) >= 11 is 0. The van der Waals surface area contributed by atoms with Crippen LogP contribution in [0.25, 0.3) is 11.3 Å². The van der Waals surface area contributed by atoms with E-state index in [-0.39, 0.29) is 23.9 Å². The van der Waals surface area contributed by atoms with E-state index in [1.165, 1.54) is 4.90 Å². The van der Waals surface area contributed by atoms with Crippen LogP contribution in [-0.2, 0) is 19.1 Å². The van der Waals surface area contributed by atoms with Gasteiger partial charge in [-0.2, -0.15) is 0 Å². The molecule has 3 heterocycles. The van der Waals surface area contributed by atoms with E-state index in [0.29, 0.717) is 60.7 Å². The number of anilines is 1. The summed E-state index contributed by atoms with van der Waals surface area (Å²) in [5.41, 5.74) is 2.65. The maximum Gasteiger partial charge on any atom is 0.408 e. The zero-order valence-electron chi connectivity index (χ0n) is 33.1. The number of H-pyrrole nitrogens is 1. The van der Waals surface area contributed by atoms with E-state index < -0.39 is 41.8 Å². The minimum Gasteiger partial charge on any atom is -0.465 e. The zero-order valence-corrected chi connectivity index (χ0v) is 33.1. The summed E-state index contributed by atoms with van der Waals surface area (Å²) in [5.74, 6) is -0.232. The predicted octanol–water partition coefficient (Wildman–Crippen LogP) is 6.89. The Morgan fingerprint density at radius 1 is 0.776 bits per heavy atom. The lowest BCUT2D eigenvalue weighted by Crippen LogP contribution is -2.54. The molecule has 4 atom stereocenters. The molecule has 2 aliphatic heterocycles. The maximum atomic E-state index is 14.4. The van der Waals surface area contributed by atoms with Crippen molar-refractivity contribution in [1.29, 1.82) is 0 Å². The Hall–Kier alpha value is -6.18. The van der Waals surface area contributed by atoms with Gasteiger partial charge in [0.25, 0.3) is 11.8 Å². The second-order valence-electron chi connectivity index (χ2n) is 16.2. The van der Waals surface area contributed by atoms with Gasteiger partial charge in [-0.25, -0.2) is 14.6 Å². The van der Waals surface area contributed by atoms with Gasteiger partial charge in [-0.1, -0.05) is 72.8 Å². The van der Waals surface area contributed by atoms with Crippen molar-refractivity contribution in [3.8, 4) is 11.3 Å². The van der Waals surface area contributed by atoms with Crippen molar-refractivity contribution in [1.82, 2.24) is 30.4 Å². The monoisotopic (exact) mass is 789 g/mol. The summed E-state index contributed by atoms with van der Waals surface area (Å²) in [6, 6.07) is 22.3. The number of aromatic nitrogens is 2. The largest absolute Gasteiger partial charge is 0.465 e. The molecule has 0 unspecified atom stereocenters. The molecule has 5 amide bonds. The van der Waals surface area contributed by atoms with Gasteiger partial charge in [-0.3, -0.25) is 14.4 Å². The van der Waals surface area contributed by atoms with E-state index in [9.17, 15) is 29.1 Å². The number of hydrogen-bond acceptors (Lipinski definition) is 7. The van der Waals surface area contributed by atoms with Crippen LogP contribution in [-0.4, -0.2) is 85.6 Å². The highest BCUT2D eigenvalue weighted by atomic mass is 16.6. The van der Waals surface area contributed by atoms with Crippen molar-refractivity contribution in [2.45, 2.75) is 102 Å². The Morgan fingerprint density at radius 3 is 1.95 bits per heavy atom. The topological polar surface area (TPSA) is 177 Å². The van der Waals surface area contributed by atoms with Crippen LogP contribution < -0.4 is 15.5 Å². The van der Waals surface area contributed by atoms with E-state index in [0.717, 1.165) is 31.2 Å². The van der Waals surface area contributed by atoms with Crippen LogP contribution >= 0.6 is 0 Å². The van der Waals surface area contributed by atoms with Crippen molar-refractivity contribution < 1.29 is 33.8 Å². The number of carbonyl (C=O) groups is 5. The van der Waals surface area contributed by atoms with Crippen LogP contribution in [0.5, 0.6) is 0 Å². The Labute approximate surface area is 338 Å². The first-order valence-corrected chi connectivity index (χ1v) is 20.1. The number of carbonyl (C=O) groups excluding carboxylic acids is 4. The van der Waals surface area contributed by atoms with Gasteiger partial charge in [-0.05, 0) is 89.0 Å². The molecule has 0 bridgehead atoms. The van der Waals surface area contributed by atoms with Gasteiger partial charge in [0.2, 0.25) is 5.91 Å². The minimum atomic E-state index is -1.32. The third-order valence-corrected chi connectivity index (χ3v) is 11.1. The molecule has 1 saturated carbocycles. The second-order valence-corrected chi connectivity index (χ2v) is 16.2. The van der Waals surface area contributed by atoms with E-state index in [2.05, 4.69) is 15.6 Å². The number of rotatable bonds is 11. The molecule has 3 fully saturated rings. The fourth-order valence-electron chi connectivity index (χ4n) is 8.12. The van der Waals surface area contributed by atoms with Crippen molar-refractivity contribution in [2.24, 2.45) is 0 Å². The number of ether oxygens (including phenoxy) is 1. The number of alkyl carbamates (subject to hydrolysis) is 1. The molecule has 7 rings (SSSR count). The van der Waals surface area contributed by atoms with Gasteiger partial charge in [0.15, 0.2) is 0 Å². The Kier molecular flexibility index (Phi) is 11.8. The number of likely N-dealkylation sites (tertiary alicyclic amines) is 2. The summed E-state index contributed by atoms with van der Waals surface area (Å²) in [6.45, 7) is 6.18. The Morgan fingerprint density at radius 2 is 1.36 bits per heavy atom. The number of hydrogen-bond donors (Lipinski definition) is 4. The maximum absolute atomic E-state index is 14.4. The average Bonchev–Trinajstić information content (AvgIpc) is 3.98. The smallest absolute Gasteiger partial charge is 0.408 e. The number of aromatic amines is 1. The molecule has 14 heteroatoms. The Balaban J connectivity index is 1.08. The summed E-state index contributed by atoms with van der Waals surface area (Å²) in [7, 11) is 0. The molecule has 0 radical (unpaired) electrons. The van der Waals surface area contributed by atoms with Crippen molar-refractivity contribution in [3.63, 3.8) is 0 Å². The molecule has 58 heavy (non-hydrogen) atoms. The summed E-state index contributed by atoms with van der Waals surface area (Å²) < 4.78 is 5.50. The molecule has 1 aliphatic carbocycles. The molecular weight excluding hydrogens is 739 g/mol. The highest BCUT2D eigenvalue weighted by Gasteiger charge is 2.43. The fraction of sp³-hybridized carbons (Fsp3) is 0.409. The minimum absolute atomic E-state index is 0.00893. The number of amides is 5. The number of benzene rings is 3. The number of carboxylic acid groups (broad SMARTS) is 1. The lowest BCUT2D eigenvalue weighted by atomic mass is 9.90. The van der Waals surface area contributed by atoms with Crippen LogP contribution in [0.2, 0.25) is 0 Å².